The van der Waals surface area contributed by atoms with E-state index in [1.54, 1.807) is 6.92 Å². The van der Waals surface area contributed by atoms with Gasteiger partial charge in [-0.3, -0.25) is 4.79 Å². The Morgan fingerprint density at radius 2 is 2.11 bits per heavy atom. The van der Waals surface area contributed by atoms with Crippen LogP contribution in [-0.2, 0) is 14.8 Å². The van der Waals surface area contributed by atoms with E-state index in [0.717, 1.165) is 25.9 Å². The van der Waals surface area contributed by atoms with Crippen LogP contribution in [0.3, 0.4) is 0 Å². The summed E-state index contributed by atoms with van der Waals surface area (Å²) >= 11 is 0. The highest BCUT2D eigenvalue weighted by molar-refractivity contribution is 7.89. The molecular formula is C11H24ClN3O3S. The molecule has 1 saturated heterocycles. The molecule has 0 aromatic heterocycles. The van der Waals surface area contributed by atoms with Crippen molar-refractivity contribution in [1.82, 2.24) is 15.4 Å². The Hall–Kier alpha value is -0.370. The Morgan fingerprint density at radius 1 is 1.37 bits per heavy atom. The molecule has 3 N–H and O–H groups in total. The van der Waals surface area contributed by atoms with Crippen molar-refractivity contribution in [3.8, 4) is 0 Å². The van der Waals surface area contributed by atoms with Gasteiger partial charge in [0, 0.05) is 19.5 Å². The van der Waals surface area contributed by atoms with Gasteiger partial charge in [0.25, 0.3) is 0 Å². The van der Waals surface area contributed by atoms with Gasteiger partial charge in [-0.05, 0) is 38.8 Å². The summed E-state index contributed by atoms with van der Waals surface area (Å²) < 4.78 is 24.6. The van der Waals surface area contributed by atoms with Gasteiger partial charge in [0.1, 0.15) is 0 Å². The van der Waals surface area contributed by atoms with Gasteiger partial charge in [-0.1, -0.05) is 0 Å². The van der Waals surface area contributed by atoms with E-state index >= 15 is 0 Å². The smallest absolute Gasteiger partial charge is 0.220 e. The van der Waals surface area contributed by atoms with Gasteiger partial charge in [-0.15, -0.1) is 12.4 Å². The molecule has 6 nitrogen and oxygen atoms in total. The second kappa shape index (κ2) is 9.52. The van der Waals surface area contributed by atoms with Crippen LogP contribution in [0.4, 0.5) is 0 Å². The Balaban J connectivity index is 0.00000324. The molecule has 0 bridgehead atoms. The Kier molecular flexibility index (Phi) is 9.34. The summed E-state index contributed by atoms with van der Waals surface area (Å²) in [4.78, 5) is 11.5. The molecule has 1 unspecified atom stereocenters. The van der Waals surface area contributed by atoms with Crippen LogP contribution in [-0.4, -0.2) is 46.3 Å². The molecule has 0 spiro atoms. The lowest BCUT2D eigenvalue weighted by molar-refractivity contribution is -0.121. The molecule has 0 aromatic rings. The maximum Gasteiger partial charge on any atom is 0.220 e. The SMILES string of the molecule is CCS(=O)(=O)NCCNC(=O)CCC1CCNC1.Cl. The summed E-state index contributed by atoms with van der Waals surface area (Å²) in [7, 11) is -3.15. The van der Waals surface area contributed by atoms with Crippen molar-refractivity contribution in [2.75, 3.05) is 31.9 Å². The molecule has 0 aliphatic carbocycles. The van der Waals surface area contributed by atoms with E-state index in [2.05, 4.69) is 15.4 Å². The molecule has 0 saturated carbocycles. The lowest BCUT2D eigenvalue weighted by atomic mass is 10.0. The zero-order valence-corrected chi connectivity index (χ0v) is 12.9. The first-order valence-corrected chi connectivity index (χ1v) is 8.13. The summed E-state index contributed by atoms with van der Waals surface area (Å²) in [5.74, 6) is 0.669. The van der Waals surface area contributed by atoms with Gasteiger partial charge in [0.2, 0.25) is 15.9 Å². The van der Waals surface area contributed by atoms with E-state index in [9.17, 15) is 13.2 Å². The van der Waals surface area contributed by atoms with Crippen LogP contribution < -0.4 is 15.4 Å². The van der Waals surface area contributed by atoms with Crippen molar-refractivity contribution in [2.24, 2.45) is 5.92 Å². The van der Waals surface area contributed by atoms with Crippen LogP contribution in [0.15, 0.2) is 0 Å². The molecule has 0 aromatic carbocycles. The summed E-state index contributed by atoms with van der Waals surface area (Å²) in [6.45, 7) is 4.24. The topological polar surface area (TPSA) is 87.3 Å². The minimum absolute atomic E-state index is 0. The molecule has 1 aliphatic rings. The number of sulfonamides is 1. The zero-order valence-electron chi connectivity index (χ0n) is 11.3. The predicted molar refractivity (Wildman–Crippen MR) is 77.9 cm³/mol. The van der Waals surface area contributed by atoms with Crippen LogP contribution >= 0.6 is 12.4 Å². The van der Waals surface area contributed by atoms with E-state index < -0.39 is 10.0 Å². The molecule has 1 atom stereocenters. The lowest BCUT2D eigenvalue weighted by Gasteiger charge is -2.09. The maximum atomic E-state index is 11.5. The van der Waals surface area contributed by atoms with E-state index in [-0.39, 0.29) is 30.6 Å². The van der Waals surface area contributed by atoms with E-state index in [0.29, 0.717) is 18.9 Å². The maximum absolute atomic E-state index is 11.5. The largest absolute Gasteiger partial charge is 0.355 e. The first kappa shape index (κ1) is 18.6. The first-order chi connectivity index (χ1) is 8.53. The fraction of sp³-hybridized carbons (Fsp3) is 0.909. The fourth-order valence-corrected chi connectivity index (χ4v) is 2.51. The van der Waals surface area contributed by atoms with Gasteiger partial charge in [0.15, 0.2) is 0 Å². The molecule has 1 aliphatic heterocycles. The minimum atomic E-state index is -3.15. The fourth-order valence-electron chi connectivity index (χ4n) is 1.89. The molecule has 1 amide bonds. The van der Waals surface area contributed by atoms with Crippen LogP contribution in [0.1, 0.15) is 26.2 Å². The lowest BCUT2D eigenvalue weighted by Crippen LogP contribution is -2.35. The molecule has 1 fully saturated rings. The standard InChI is InChI=1S/C11H23N3O3S.ClH/c1-2-18(16,17)14-8-7-13-11(15)4-3-10-5-6-12-9-10;/h10,12,14H,2-9H2,1H3,(H,13,15);1H. The number of carbonyl (C=O) groups excluding carboxylic acids is 1. The Bertz CT molecular complexity index is 356. The zero-order chi connectivity index (χ0) is 13.4. The summed E-state index contributed by atoms with van der Waals surface area (Å²) in [6, 6.07) is 0. The number of hydrogen-bond donors (Lipinski definition) is 3. The highest BCUT2D eigenvalue weighted by Gasteiger charge is 2.15. The number of rotatable bonds is 8. The quantitative estimate of drug-likeness (QED) is 0.544. The highest BCUT2D eigenvalue weighted by atomic mass is 35.5. The van der Waals surface area contributed by atoms with Crippen molar-refractivity contribution in [1.29, 1.82) is 0 Å². The second-order valence-corrected chi connectivity index (χ2v) is 6.64. The minimum Gasteiger partial charge on any atom is -0.355 e. The molecule has 0 radical (unpaired) electrons. The molecule has 1 heterocycles. The van der Waals surface area contributed by atoms with Crippen LogP contribution in [0, 0.1) is 5.92 Å². The van der Waals surface area contributed by atoms with Crippen molar-refractivity contribution < 1.29 is 13.2 Å². The van der Waals surface area contributed by atoms with Gasteiger partial charge >= 0.3 is 0 Å². The number of amides is 1. The van der Waals surface area contributed by atoms with Gasteiger partial charge in [-0.25, -0.2) is 13.1 Å². The van der Waals surface area contributed by atoms with Crippen molar-refractivity contribution in [2.45, 2.75) is 26.2 Å². The summed E-state index contributed by atoms with van der Waals surface area (Å²) in [5, 5.41) is 5.98. The Morgan fingerprint density at radius 3 is 2.68 bits per heavy atom. The van der Waals surface area contributed by atoms with Gasteiger partial charge < -0.3 is 10.6 Å². The third kappa shape index (κ3) is 8.41. The molecule has 19 heavy (non-hydrogen) atoms. The van der Waals surface area contributed by atoms with E-state index in [1.807, 2.05) is 0 Å². The van der Waals surface area contributed by atoms with E-state index in [1.165, 1.54) is 0 Å². The second-order valence-electron chi connectivity index (χ2n) is 4.55. The van der Waals surface area contributed by atoms with Gasteiger partial charge in [-0.2, -0.15) is 0 Å². The van der Waals surface area contributed by atoms with E-state index in [4.69, 9.17) is 0 Å². The normalized spacial score (nSPS) is 18.9. The molecule has 8 heteroatoms. The van der Waals surface area contributed by atoms with Gasteiger partial charge in [0.05, 0.1) is 5.75 Å². The molecular weight excluding hydrogens is 290 g/mol. The number of nitrogens with one attached hydrogen (secondary N) is 3. The number of halogens is 1. The first-order valence-electron chi connectivity index (χ1n) is 6.48. The van der Waals surface area contributed by atoms with Crippen molar-refractivity contribution in [3.05, 3.63) is 0 Å². The van der Waals surface area contributed by atoms with Crippen LogP contribution in [0.5, 0.6) is 0 Å². The molecule has 1 rings (SSSR count). The molecule has 114 valence electrons. The Labute approximate surface area is 121 Å². The highest BCUT2D eigenvalue weighted by Crippen LogP contribution is 2.13. The average Bonchev–Trinajstić information content (AvgIpc) is 2.85. The van der Waals surface area contributed by atoms with Crippen LogP contribution in [0.2, 0.25) is 0 Å². The third-order valence-corrected chi connectivity index (χ3v) is 4.50. The average molecular weight is 314 g/mol. The van der Waals surface area contributed by atoms with Crippen molar-refractivity contribution >= 4 is 28.3 Å². The number of carbonyl (C=O) groups is 1. The van der Waals surface area contributed by atoms with Crippen LogP contribution in [0.25, 0.3) is 0 Å². The van der Waals surface area contributed by atoms with Crippen molar-refractivity contribution in [3.63, 3.8) is 0 Å². The summed E-state index contributed by atoms with van der Waals surface area (Å²) in [6.07, 6.45) is 2.57. The third-order valence-electron chi connectivity index (χ3n) is 3.09. The monoisotopic (exact) mass is 313 g/mol. The predicted octanol–water partition coefficient (Wildman–Crippen LogP) is -0.147. The summed E-state index contributed by atoms with van der Waals surface area (Å²) in [5.41, 5.74) is 0. The number of hydrogen-bond acceptors (Lipinski definition) is 4.